The number of methoxy groups -OCH3 is 1. The number of hydrogen-bond acceptors (Lipinski definition) is 8. The molecule has 2 aliphatic rings. The molecule has 12 heteroatoms. The lowest BCUT2D eigenvalue weighted by Gasteiger charge is -2.42. The van der Waals surface area contributed by atoms with Gasteiger partial charge in [-0.15, -0.1) is 0 Å². The lowest BCUT2D eigenvalue weighted by Crippen LogP contribution is -2.52. The van der Waals surface area contributed by atoms with Crippen LogP contribution in [0.15, 0.2) is 72.8 Å². The van der Waals surface area contributed by atoms with Crippen molar-refractivity contribution < 1.29 is 23.8 Å². The van der Waals surface area contributed by atoms with Crippen LogP contribution in [0.5, 0.6) is 17.2 Å². The minimum Gasteiger partial charge on any atom is -0.497 e. The largest absolute Gasteiger partial charge is 0.497 e. The van der Waals surface area contributed by atoms with Crippen molar-refractivity contribution in [3.05, 3.63) is 94.8 Å². The quantitative estimate of drug-likeness (QED) is 0.228. The van der Waals surface area contributed by atoms with Gasteiger partial charge in [-0.05, 0) is 69.2 Å². The molecule has 0 bridgehead atoms. The molecule has 0 saturated carbocycles. The summed E-state index contributed by atoms with van der Waals surface area (Å²) in [6.45, 7) is 9.11. The number of nitrogens with zero attached hydrogens (tertiary/aromatic N) is 5. The summed E-state index contributed by atoms with van der Waals surface area (Å²) in [7, 11) is 1.64. The Bertz CT molecular complexity index is 1760. The zero-order valence-corrected chi connectivity index (χ0v) is 28.4. The summed E-state index contributed by atoms with van der Waals surface area (Å²) in [5, 5.41) is 5.43. The molecule has 2 N–H and O–H groups in total. The van der Waals surface area contributed by atoms with E-state index in [2.05, 4.69) is 9.80 Å². The van der Waals surface area contributed by atoms with Gasteiger partial charge in [0.1, 0.15) is 28.5 Å². The first kappa shape index (κ1) is 33.2. The number of halogens is 1. The number of aromatic nitrogens is 2. The van der Waals surface area contributed by atoms with E-state index in [9.17, 15) is 9.59 Å². The van der Waals surface area contributed by atoms with Crippen LogP contribution in [-0.4, -0.2) is 77.0 Å². The number of piperazine rings is 1. The molecule has 1 aromatic heterocycles. The number of hydrogen-bond donors (Lipinski definition) is 1. The first-order valence-electron chi connectivity index (χ1n) is 16.1. The average molecular weight is 673 g/mol. The van der Waals surface area contributed by atoms with Gasteiger partial charge >= 0.3 is 6.09 Å². The third-order valence-electron chi connectivity index (χ3n) is 8.49. The first-order valence-corrected chi connectivity index (χ1v) is 16.4. The van der Waals surface area contributed by atoms with Crippen LogP contribution >= 0.6 is 11.6 Å². The molecule has 0 spiro atoms. The molecule has 1 saturated heterocycles. The van der Waals surface area contributed by atoms with Crippen molar-refractivity contribution in [1.82, 2.24) is 19.6 Å². The summed E-state index contributed by atoms with van der Waals surface area (Å²) in [5.41, 5.74) is 8.83. The molecule has 1 atom stereocenters. The van der Waals surface area contributed by atoms with Crippen LogP contribution < -0.4 is 20.1 Å². The normalized spacial score (nSPS) is 16.7. The van der Waals surface area contributed by atoms with Crippen molar-refractivity contribution in [3.8, 4) is 22.9 Å². The highest BCUT2D eigenvalue weighted by Gasteiger charge is 2.39. The number of para-hydroxylation sites is 1. The molecule has 3 aromatic carbocycles. The summed E-state index contributed by atoms with van der Waals surface area (Å²) in [5.74, 6) is 1.38. The number of carbonyl (C=O) groups is 2. The lowest BCUT2D eigenvalue weighted by molar-refractivity contribution is 0.00937. The van der Waals surface area contributed by atoms with E-state index in [4.69, 9.17) is 36.6 Å². The van der Waals surface area contributed by atoms with Crippen LogP contribution in [0, 0.1) is 0 Å². The highest BCUT2D eigenvalue weighted by molar-refractivity contribution is 6.32. The summed E-state index contributed by atoms with van der Waals surface area (Å²) in [4.78, 5) is 32.3. The minimum atomic E-state index is -0.612. The summed E-state index contributed by atoms with van der Waals surface area (Å²) >= 11 is 6.86. The van der Waals surface area contributed by atoms with Crippen LogP contribution in [0.4, 0.5) is 10.5 Å². The van der Waals surface area contributed by atoms with E-state index in [1.54, 1.807) is 34.9 Å². The molecule has 1 unspecified atom stereocenters. The third-order valence-corrected chi connectivity index (χ3v) is 8.79. The van der Waals surface area contributed by atoms with Gasteiger partial charge in [-0.3, -0.25) is 9.69 Å². The molecule has 2 aliphatic heterocycles. The van der Waals surface area contributed by atoms with E-state index >= 15 is 0 Å². The Labute approximate surface area is 285 Å². The Balaban J connectivity index is 1.35. The molecule has 3 heterocycles. The van der Waals surface area contributed by atoms with Gasteiger partial charge in [0.05, 0.1) is 29.5 Å². The van der Waals surface area contributed by atoms with Gasteiger partial charge in [-0.1, -0.05) is 41.9 Å². The summed E-state index contributed by atoms with van der Waals surface area (Å²) < 4.78 is 18.5. The monoisotopic (exact) mass is 672 g/mol. The van der Waals surface area contributed by atoms with E-state index in [0.29, 0.717) is 67.2 Å². The number of primary amides is 1. The number of ether oxygens (including phenoxy) is 3. The number of anilines is 1. The van der Waals surface area contributed by atoms with Crippen molar-refractivity contribution in [3.63, 3.8) is 0 Å². The van der Waals surface area contributed by atoms with Crippen molar-refractivity contribution in [2.75, 3.05) is 44.7 Å². The predicted molar refractivity (Wildman–Crippen MR) is 184 cm³/mol. The van der Waals surface area contributed by atoms with Gasteiger partial charge in [0.25, 0.3) is 5.91 Å². The summed E-state index contributed by atoms with van der Waals surface area (Å²) in [6.07, 6.45) is 0.453. The Morgan fingerprint density at radius 2 is 1.60 bits per heavy atom. The Morgan fingerprint density at radius 3 is 2.23 bits per heavy atom. The van der Waals surface area contributed by atoms with Crippen molar-refractivity contribution in [2.24, 2.45) is 5.73 Å². The zero-order valence-electron chi connectivity index (χ0n) is 27.7. The number of benzene rings is 3. The Kier molecular flexibility index (Phi) is 9.52. The van der Waals surface area contributed by atoms with E-state index in [0.717, 1.165) is 23.4 Å². The van der Waals surface area contributed by atoms with E-state index in [1.807, 2.05) is 75.4 Å². The molecule has 2 amide bonds. The molecule has 4 aromatic rings. The second-order valence-electron chi connectivity index (χ2n) is 13.0. The standard InChI is InChI=1S/C36H41ClN6O5/c1-36(2,3)48-35(45)41-20-18-40(19-21-41)30-16-17-42(23-24-10-12-25(46-4)13-11-24)32-31(30)39-43(33(32)34(38)44)29-15-14-27(22-28(29)37)47-26-8-6-5-7-9-26/h5-15,22,30H,16-21,23H2,1-4H3,(H2,38,44). The maximum Gasteiger partial charge on any atom is 0.410 e. The maximum atomic E-state index is 13.3. The van der Waals surface area contributed by atoms with Crippen LogP contribution in [-0.2, 0) is 11.3 Å². The van der Waals surface area contributed by atoms with Crippen molar-refractivity contribution in [1.29, 1.82) is 0 Å². The predicted octanol–water partition coefficient (Wildman–Crippen LogP) is 6.43. The fourth-order valence-corrected chi connectivity index (χ4v) is 6.49. The molecule has 252 valence electrons. The molecule has 11 nitrogen and oxygen atoms in total. The van der Waals surface area contributed by atoms with Gasteiger partial charge in [0.2, 0.25) is 0 Å². The van der Waals surface area contributed by atoms with Gasteiger partial charge in [0, 0.05) is 45.3 Å². The summed E-state index contributed by atoms with van der Waals surface area (Å²) in [6, 6.07) is 22.5. The first-order chi connectivity index (χ1) is 23.0. The second-order valence-corrected chi connectivity index (χ2v) is 13.4. The van der Waals surface area contributed by atoms with Crippen LogP contribution in [0.3, 0.4) is 0 Å². The SMILES string of the molecule is COc1ccc(CN2CCC(N3CCN(C(=O)OC(C)(C)C)CC3)c3nn(-c4ccc(Oc5ccccc5)cc4Cl)c(C(N)=O)c32)cc1. The van der Waals surface area contributed by atoms with Gasteiger partial charge in [0.15, 0.2) is 5.69 Å². The van der Waals surface area contributed by atoms with Crippen LogP contribution in [0.2, 0.25) is 5.02 Å². The molecule has 0 radical (unpaired) electrons. The Hall–Kier alpha value is -4.74. The van der Waals surface area contributed by atoms with E-state index < -0.39 is 11.5 Å². The van der Waals surface area contributed by atoms with Crippen molar-refractivity contribution in [2.45, 2.75) is 45.4 Å². The molecular formula is C36H41ClN6O5. The second kappa shape index (κ2) is 13.8. The molecule has 0 aliphatic carbocycles. The smallest absolute Gasteiger partial charge is 0.410 e. The van der Waals surface area contributed by atoms with Gasteiger partial charge < -0.3 is 29.7 Å². The van der Waals surface area contributed by atoms with E-state index in [-0.39, 0.29) is 17.8 Å². The molecule has 48 heavy (non-hydrogen) atoms. The van der Waals surface area contributed by atoms with Crippen molar-refractivity contribution >= 4 is 29.3 Å². The number of rotatable bonds is 8. The van der Waals surface area contributed by atoms with Gasteiger partial charge in [-0.25, -0.2) is 9.48 Å². The minimum absolute atomic E-state index is 0.105. The highest BCUT2D eigenvalue weighted by Crippen LogP contribution is 2.42. The van der Waals surface area contributed by atoms with Gasteiger partial charge in [-0.2, -0.15) is 5.10 Å². The van der Waals surface area contributed by atoms with Crippen LogP contribution in [0.25, 0.3) is 5.69 Å². The highest BCUT2D eigenvalue weighted by atomic mass is 35.5. The number of amides is 2. The molecule has 6 rings (SSSR count). The Morgan fingerprint density at radius 1 is 0.917 bits per heavy atom. The average Bonchev–Trinajstić information content (AvgIpc) is 3.46. The maximum absolute atomic E-state index is 13.3. The fourth-order valence-electron chi connectivity index (χ4n) is 6.24. The zero-order chi connectivity index (χ0) is 34.0. The third kappa shape index (κ3) is 7.22. The fraction of sp³-hybridized carbons (Fsp3) is 0.361. The lowest BCUT2D eigenvalue weighted by atomic mass is 9.98. The molecule has 1 fully saturated rings. The van der Waals surface area contributed by atoms with E-state index in [1.165, 1.54) is 0 Å². The number of carbonyl (C=O) groups excluding carboxylic acids is 2. The van der Waals surface area contributed by atoms with Crippen LogP contribution in [0.1, 0.15) is 55.0 Å². The number of nitrogens with two attached hydrogens (primary N) is 1. The molecular weight excluding hydrogens is 632 g/mol. The topological polar surface area (TPSA) is 115 Å². The number of fused-ring (bicyclic) bond motifs is 1.